The Kier molecular flexibility index (Phi) is 13.3. The van der Waals surface area contributed by atoms with Crippen molar-refractivity contribution in [3.8, 4) is 12.1 Å². The Morgan fingerprint density at radius 1 is 0.710 bits per heavy atom. The molecule has 0 atom stereocenters. The first kappa shape index (κ1) is 48.3. The standard InChI is InChI=1S/C52H38F3N8O4S2/c1-32-8-16-36(17-9-32)62(37-18-10-33(2)11-19-37)40-24-26-42(44(28-40)60-68(7,64)65)48-50(46(30-56)58-5)49(51(48)47(31-57)59-6)43-27-25-41(29-45(43)61-69(66,67)52(53,54)55)63(38-20-12-34(3)13-21-38)39-22-14-35(4)15-23-39/h8-29H,1-4,7H3,(H,60,61)/q-1/p+1/b50-46+. The number of halogens is 3. The molecule has 0 bridgehead atoms. The summed E-state index contributed by atoms with van der Waals surface area (Å²) >= 11 is 0. The number of allylic oxidation sites excluding steroid dienone is 6. The number of aryl methyl sites for hydroxylation is 4. The van der Waals surface area contributed by atoms with E-state index < -0.39 is 43.0 Å². The van der Waals surface area contributed by atoms with Gasteiger partial charge in [-0.25, -0.2) is 28.6 Å². The molecule has 0 aromatic heterocycles. The van der Waals surface area contributed by atoms with Gasteiger partial charge in [0.2, 0.25) is 38.8 Å². The highest BCUT2D eigenvalue weighted by molar-refractivity contribution is 7.93. The molecule has 69 heavy (non-hydrogen) atoms. The fraction of sp³-hybridized carbons (Fsp3) is 0.115. The monoisotopic (exact) mass is 960 g/mol. The summed E-state index contributed by atoms with van der Waals surface area (Å²) in [4.78, 5) is 8.52. The lowest BCUT2D eigenvalue weighted by Gasteiger charge is -2.48. The zero-order chi connectivity index (χ0) is 50.0. The number of anilines is 4. The summed E-state index contributed by atoms with van der Waals surface area (Å²) in [7, 11) is -10.3. The second-order valence-corrected chi connectivity index (χ2v) is 19.5. The van der Waals surface area contributed by atoms with E-state index in [4.69, 9.17) is 13.1 Å². The van der Waals surface area contributed by atoms with Crippen LogP contribution in [0, 0.1) is 69.5 Å². The fourth-order valence-electron chi connectivity index (χ4n) is 7.74. The zero-order valence-electron chi connectivity index (χ0n) is 37.5. The first-order valence-corrected chi connectivity index (χ1v) is 24.1. The molecular formula is C52H39F3N8O4S2. The van der Waals surface area contributed by atoms with Crippen LogP contribution in [-0.2, 0) is 20.0 Å². The fourth-order valence-corrected chi connectivity index (χ4v) is 8.89. The molecule has 0 fully saturated rings. The Bertz CT molecular complexity index is 3410. The number of alkyl halides is 3. The maximum Gasteiger partial charge on any atom is 0.516 e. The van der Waals surface area contributed by atoms with E-state index in [1.54, 1.807) is 52.1 Å². The van der Waals surface area contributed by atoms with Crippen molar-refractivity contribution in [2.24, 2.45) is 0 Å². The van der Waals surface area contributed by atoms with Crippen molar-refractivity contribution in [3.05, 3.63) is 224 Å². The van der Waals surface area contributed by atoms with Gasteiger partial charge >= 0.3 is 15.5 Å². The quantitative estimate of drug-likeness (QED) is 0.0758. The van der Waals surface area contributed by atoms with Gasteiger partial charge in [-0.1, -0.05) is 94.1 Å². The van der Waals surface area contributed by atoms with Crippen molar-refractivity contribution in [1.82, 2.24) is 9.30 Å². The average molecular weight is 961 g/mol. The molecule has 0 amide bonds. The molecule has 2 aliphatic carbocycles. The molecule has 12 nitrogen and oxygen atoms in total. The van der Waals surface area contributed by atoms with Crippen LogP contribution in [0.25, 0.3) is 15.3 Å². The van der Waals surface area contributed by atoms with Gasteiger partial charge in [-0.2, -0.15) is 48.5 Å². The second kappa shape index (κ2) is 18.9. The summed E-state index contributed by atoms with van der Waals surface area (Å²) in [6.45, 7) is 23.8. The number of benzene rings is 5. The van der Waals surface area contributed by atoms with Crippen molar-refractivity contribution < 1.29 is 30.0 Å². The van der Waals surface area contributed by atoms with Gasteiger partial charge in [0.1, 0.15) is 0 Å². The number of nitrogens with one attached hydrogen (secondary N) is 2. The molecule has 0 heterocycles. The van der Waals surface area contributed by atoms with Crippen molar-refractivity contribution in [3.63, 3.8) is 0 Å². The van der Waals surface area contributed by atoms with E-state index in [-0.39, 0.29) is 44.8 Å². The van der Waals surface area contributed by atoms with Crippen LogP contribution < -0.4 is 18.9 Å². The van der Waals surface area contributed by atoms with Crippen LogP contribution in [0.2, 0.25) is 0 Å². The summed E-state index contributed by atoms with van der Waals surface area (Å²) in [5.74, 6) is 0. The Morgan fingerprint density at radius 2 is 1.20 bits per heavy atom. The molecular weight excluding hydrogens is 922 g/mol. The maximum atomic E-state index is 14.3. The average Bonchev–Trinajstić information content (AvgIpc) is 3.29. The lowest BCUT2D eigenvalue weighted by molar-refractivity contribution is -0.0429. The Labute approximate surface area is 398 Å². The van der Waals surface area contributed by atoms with Gasteiger partial charge in [0.05, 0.1) is 31.5 Å². The molecule has 2 aliphatic rings. The minimum Gasteiger partial charge on any atom is -0.310 e. The van der Waals surface area contributed by atoms with Crippen LogP contribution in [0.1, 0.15) is 27.8 Å². The van der Waals surface area contributed by atoms with Gasteiger partial charge < -0.3 is 4.90 Å². The van der Waals surface area contributed by atoms with E-state index in [1.165, 1.54) is 24.3 Å². The van der Waals surface area contributed by atoms with Gasteiger partial charge in [-0.05, 0) is 64.1 Å². The highest BCUT2D eigenvalue weighted by Crippen LogP contribution is 2.56. The largest absolute Gasteiger partial charge is 0.516 e. The third-order valence-electron chi connectivity index (χ3n) is 11.0. The lowest BCUT2D eigenvalue weighted by atomic mass is 9.68. The van der Waals surface area contributed by atoms with Crippen LogP contribution >= 0.6 is 0 Å². The molecule has 17 heteroatoms. The Balaban J connectivity index is 1.57. The summed E-state index contributed by atoms with van der Waals surface area (Å²) < 4.78 is 102. The highest BCUT2D eigenvalue weighted by Gasteiger charge is 2.46. The van der Waals surface area contributed by atoms with Crippen LogP contribution in [0.3, 0.4) is 0 Å². The van der Waals surface area contributed by atoms with E-state index in [1.807, 2.05) is 105 Å². The molecule has 2 N–H and O–H groups in total. The van der Waals surface area contributed by atoms with Gasteiger partial charge in [0, 0.05) is 64.9 Å². The number of rotatable bonds is 11. The predicted molar refractivity (Wildman–Crippen MR) is 262 cm³/mol. The predicted octanol–water partition coefficient (Wildman–Crippen LogP) is 11.4. The molecule has 0 aliphatic heterocycles. The maximum absolute atomic E-state index is 14.3. The number of nitrogens with zero attached hydrogens (tertiary/aromatic N) is 6. The zero-order valence-corrected chi connectivity index (χ0v) is 39.1. The highest BCUT2D eigenvalue weighted by atomic mass is 32.2. The molecule has 0 unspecified atom stereocenters. The molecule has 344 valence electrons. The van der Waals surface area contributed by atoms with Gasteiger partial charge in [-0.3, -0.25) is 9.44 Å². The van der Waals surface area contributed by atoms with Gasteiger partial charge in [0.15, 0.2) is 0 Å². The number of hydrogen-bond donors (Lipinski definition) is 2. The third kappa shape index (κ3) is 9.92. The van der Waals surface area contributed by atoms with E-state index in [9.17, 15) is 40.5 Å². The van der Waals surface area contributed by atoms with Crippen molar-refractivity contribution in [2.75, 3.05) is 15.9 Å². The Hall–Kier alpha value is -8.61. The smallest absolute Gasteiger partial charge is 0.310 e. The molecule has 5 aromatic carbocycles. The Morgan fingerprint density at radius 3 is 1.64 bits per heavy atom. The minimum absolute atomic E-state index is 0.0163. The molecule has 7 rings (SSSR count). The normalized spacial score (nSPS) is 15.4. The first-order valence-electron chi connectivity index (χ1n) is 20.7. The first-order chi connectivity index (χ1) is 32.7. The van der Waals surface area contributed by atoms with Crippen molar-refractivity contribution in [1.29, 1.82) is 10.5 Å². The van der Waals surface area contributed by atoms with Crippen LogP contribution in [0.15, 0.2) is 167 Å². The molecule has 0 spiro atoms. The molecule has 0 saturated heterocycles. The van der Waals surface area contributed by atoms with Crippen LogP contribution in [0.5, 0.6) is 0 Å². The summed E-state index contributed by atoms with van der Waals surface area (Å²) in [6.07, 6.45) is 5.49. The lowest BCUT2D eigenvalue weighted by Crippen LogP contribution is -2.31. The second-order valence-electron chi connectivity index (χ2n) is 16.0. The van der Waals surface area contributed by atoms with Crippen molar-refractivity contribution >= 4 is 65.5 Å². The molecule has 0 saturated carbocycles. The number of nitriles is 2. The summed E-state index contributed by atoms with van der Waals surface area (Å²) in [5, 5.41) is 21.0. The third-order valence-corrected chi connectivity index (χ3v) is 12.7. The molecule has 0 radical (unpaired) electrons. The SMILES string of the molecule is [C-]#[N+]/C(C#N)=C1\C(=C2C=CC(=[N+](c3ccc(C)cc3)c3ccc(C)cc3)C=C2NS(C)(=O)=O)C([C-](C#N)[N+]#[C-])=C1c1ccc(N(c2ccc(C)cc2)c2ccc(C)cc2)cc1NS(=O)(=O)C(F)(F)F. The number of hydrogen-bond acceptors (Lipinski definition) is 7. The van der Waals surface area contributed by atoms with Gasteiger partial charge in [0.25, 0.3) is 0 Å². The molecule has 5 aromatic rings. The minimum atomic E-state index is -6.18. The van der Waals surface area contributed by atoms with E-state index in [0.29, 0.717) is 28.5 Å². The summed E-state index contributed by atoms with van der Waals surface area (Å²) in [6, 6.07) is 36.2. The van der Waals surface area contributed by atoms with Crippen molar-refractivity contribution in [2.45, 2.75) is 33.2 Å². The van der Waals surface area contributed by atoms with Crippen LogP contribution in [0.4, 0.5) is 47.3 Å². The number of sulfonamides is 2. The van der Waals surface area contributed by atoms with Crippen LogP contribution in [-0.4, -0.2) is 34.3 Å². The van der Waals surface area contributed by atoms with Gasteiger partial charge in [-0.15, -0.1) is 0 Å². The topological polar surface area (TPSA) is 155 Å². The van der Waals surface area contributed by atoms with E-state index in [2.05, 4.69) is 14.4 Å². The van der Waals surface area contributed by atoms with E-state index >= 15 is 0 Å². The van der Waals surface area contributed by atoms with E-state index in [0.717, 1.165) is 34.6 Å². The summed E-state index contributed by atoms with van der Waals surface area (Å²) in [5.41, 5.74) is -1.79.